The number of hydrogen-bond acceptors (Lipinski definition) is 4. The molecule has 21 heavy (non-hydrogen) atoms. The first-order valence-electron chi connectivity index (χ1n) is 6.99. The van der Waals surface area contributed by atoms with E-state index in [9.17, 15) is 0 Å². The monoisotopic (exact) mass is 300 g/mol. The highest BCUT2D eigenvalue weighted by Crippen LogP contribution is 2.33. The van der Waals surface area contributed by atoms with Crippen LogP contribution >= 0.6 is 11.6 Å². The quantitative estimate of drug-likeness (QED) is 0.855. The summed E-state index contributed by atoms with van der Waals surface area (Å²) >= 11 is 6.38. The van der Waals surface area contributed by atoms with Gasteiger partial charge in [-0.1, -0.05) is 11.6 Å². The van der Waals surface area contributed by atoms with Crippen molar-refractivity contribution in [3.63, 3.8) is 0 Å². The Morgan fingerprint density at radius 1 is 1.38 bits per heavy atom. The lowest BCUT2D eigenvalue weighted by molar-refractivity contribution is 0.485. The smallest absolute Gasteiger partial charge is 0.145 e. The van der Waals surface area contributed by atoms with E-state index >= 15 is 0 Å². The first-order chi connectivity index (χ1) is 10.2. The largest absolute Gasteiger partial charge is 0.368 e. The third-order valence-corrected chi connectivity index (χ3v) is 3.99. The van der Waals surface area contributed by atoms with E-state index in [1.165, 1.54) is 25.5 Å². The third-order valence-electron chi connectivity index (χ3n) is 3.68. The number of benzene rings is 1. The van der Waals surface area contributed by atoms with E-state index in [-0.39, 0.29) is 5.57 Å². The molecule has 0 spiro atoms. The van der Waals surface area contributed by atoms with Crippen molar-refractivity contribution in [3.8, 4) is 12.1 Å². The van der Waals surface area contributed by atoms with Crippen molar-refractivity contribution in [2.45, 2.75) is 32.2 Å². The lowest BCUT2D eigenvalue weighted by Gasteiger charge is -2.36. The van der Waals surface area contributed by atoms with Gasteiger partial charge in [0.15, 0.2) is 0 Å². The Morgan fingerprint density at radius 2 is 2.14 bits per heavy atom. The number of hydrogen-bond donors (Lipinski definition) is 1. The third kappa shape index (κ3) is 3.68. The van der Waals surface area contributed by atoms with Crippen molar-refractivity contribution in [1.29, 1.82) is 10.5 Å². The summed E-state index contributed by atoms with van der Waals surface area (Å²) in [5.74, 6) is 0. The number of nitriles is 2. The molecule has 1 heterocycles. The molecular weight excluding hydrogens is 284 g/mol. The molecule has 2 rings (SSSR count). The molecule has 1 aromatic carbocycles. The van der Waals surface area contributed by atoms with Gasteiger partial charge < -0.3 is 10.2 Å². The van der Waals surface area contributed by atoms with Gasteiger partial charge in [-0.25, -0.2) is 0 Å². The zero-order chi connectivity index (χ0) is 15.2. The van der Waals surface area contributed by atoms with Gasteiger partial charge in [-0.2, -0.15) is 10.5 Å². The number of piperidine rings is 1. The molecule has 0 amide bonds. The van der Waals surface area contributed by atoms with E-state index in [0.717, 1.165) is 17.9 Å². The van der Waals surface area contributed by atoms with Gasteiger partial charge >= 0.3 is 0 Å². The first kappa shape index (κ1) is 15.2. The van der Waals surface area contributed by atoms with Crippen LogP contribution in [-0.4, -0.2) is 12.6 Å². The van der Waals surface area contributed by atoms with Gasteiger partial charge in [0.2, 0.25) is 0 Å². The van der Waals surface area contributed by atoms with Crippen LogP contribution in [0.5, 0.6) is 0 Å². The van der Waals surface area contributed by atoms with E-state index in [2.05, 4.69) is 17.1 Å². The minimum absolute atomic E-state index is 0.0276. The number of nitrogens with one attached hydrogen (secondary N) is 1. The molecule has 0 aromatic heterocycles. The summed E-state index contributed by atoms with van der Waals surface area (Å²) in [6.07, 6.45) is 5.03. The van der Waals surface area contributed by atoms with E-state index in [4.69, 9.17) is 22.1 Å². The second-order valence-electron chi connectivity index (χ2n) is 5.13. The molecular formula is C16H17ClN4. The molecule has 1 aliphatic heterocycles. The zero-order valence-corrected chi connectivity index (χ0v) is 12.7. The van der Waals surface area contributed by atoms with Crippen LogP contribution in [0.4, 0.5) is 11.4 Å². The maximum absolute atomic E-state index is 8.69. The van der Waals surface area contributed by atoms with Crippen molar-refractivity contribution in [2.24, 2.45) is 0 Å². The van der Waals surface area contributed by atoms with Crippen LogP contribution in [0.2, 0.25) is 5.02 Å². The van der Waals surface area contributed by atoms with Crippen LogP contribution in [-0.2, 0) is 0 Å². The Labute approximate surface area is 130 Å². The molecule has 1 saturated heterocycles. The Hall–Kier alpha value is -2.17. The van der Waals surface area contributed by atoms with Crippen molar-refractivity contribution < 1.29 is 0 Å². The molecule has 1 atom stereocenters. The summed E-state index contributed by atoms with van der Waals surface area (Å²) in [5.41, 5.74) is 1.83. The van der Waals surface area contributed by atoms with Gasteiger partial charge in [-0.15, -0.1) is 0 Å². The predicted octanol–water partition coefficient (Wildman–Crippen LogP) is 4.06. The SMILES string of the molecule is CC1CCCCN1c1ccc(NC=C(C#N)C#N)cc1Cl. The summed E-state index contributed by atoms with van der Waals surface area (Å²) in [6, 6.07) is 9.82. The van der Waals surface area contributed by atoms with Crippen molar-refractivity contribution in [1.82, 2.24) is 0 Å². The number of anilines is 2. The van der Waals surface area contributed by atoms with E-state index in [0.29, 0.717) is 11.1 Å². The summed E-state index contributed by atoms with van der Waals surface area (Å²) < 4.78 is 0. The minimum atomic E-state index is 0.0276. The molecule has 0 aliphatic carbocycles. The summed E-state index contributed by atoms with van der Waals surface area (Å²) in [5, 5.41) is 21.0. The lowest BCUT2D eigenvalue weighted by atomic mass is 10.0. The molecule has 0 radical (unpaired) electrons. The fourth-order valence-corrected chi connectivity index (χ4v) is 2.82. The second-order valence-corrected chi connectivity index (χ2v) is 5.54. The Bertz CT molecular complexity index is 608. The van der Waals surface area contributed by atoms with E-state index in [1.807, 2.05) is 18.2 Å². The van der Waals surface area contributed by atoms with Crippen LogP contribution in [0.3, 0.4) is 0 Å². The van der Waals surface area contributed by atoms with Crippen LogP contribution in [0, 0.1) is 22.7 Å². The summed E-state index contributed by atoms with van der Waals surface area (Å²) in [4.78, 5) is 2.33. The molecule has 108 valence electrons. The fourth-order valence-electron chi connectivity index (χ4n) is 2.53. The average Bonchev–Trinajstić information content (AvgIpc) is 2.49. The van der Waals surface area contributed by atoms with Crippen molar-refractivity contribution in [3.05, 3.63) is 35.0 Å². The molecule has 1 aliphatic rings. The number of rotatable bonds is 3. The van der Waals surface area contributed by atoms with E-state index < -0.39 is 0 Å². The van der Waals surface area contributed by atoms with Gasteiger partial charge in [-0.05, 0) is 44.4 Å². The predicted molar refractivity (Wildman–Crippen MR) is 85.0 cm³/mol. The average molecular weight is 301 g/mol. The second kappa shape index (κ2) is 7.02. The Balaban J connectivity index is 2.16. The number of nitrogens with zero attached hydrogens (tertiary/aromatic N) is 3. The standard InChI is InChI=1S/C16H17ClN4/c1-12-4-2-3-7-21(12)16-6-5-14(8-15(16)17)20-11-13(9-18)10-19/h5-6,8,11-12,20H,2-4,7H2,1H3. The molecule has 0 bridgehead atoms. The maximum Gasteiger partial charge on any atom is 0.145 e. The highest BCUT2D eigenvalue weighted by Gasteiger charge is 2.20. The Kier molecular flexibility index (Phi) is 5.09. The van der Waals surface area contributed by atoms with Gasteiger partial charge in [0.05, 0.1) is 10.7 Å². The van der Waals surface area contributed by atoms with Gasteiger partial charge in [0, 0.05) is 24.5 Å². The molecule has 1 N–H and O–H groups in total. The van der Waals surface area contributed by atoms with Crippen LogP contribution in [0.25, 0.3) is 0 Å². The van der Waals surface area contributed by atoms with Crippen LogP contribution < -0.4 is 10.2 Å². The Morgan fingerprint density at radius 3 is 2.76 bits per heavy atom. The minimum Gasteiger partial charge on any atom is -0.368 e. The van der Waals surface area contributed by atoms with Gasteiger partial charge in [0.25, 0.3) is 0 Å². The van der Waals surface area contributed by atoms with Crippen molar-refractivity contribution in [2.75, 3.05) is 16.8 Å². The highest BCUT2D eigenvalue weighted by atomic mass is 35.5. The van der Waals surface area contributed by atoms with Crippen molar-refractivity contribution >= 4 is 23.0 Å². The number of allylic oxidation sites excluding steroid dienone is 1. The molecule has 4 nitrogen and oxygen atoms in total. The van der Waals surface area contributed by atoms with E-state index in [1.54, 1.807) is 12.1 Å². The van der Waals surface area contributed by atoms with Crippen LogP contribution in [0.15, 0.2) is 30.0 Å². The van der Waals surface area contributed by atoms with Gasteiger partial charge in [0.1, 0.15) is 17.7 Å². The highest BCUT2D eigenvalue weighted by molar-refractivity contribution is 6.33. The summed E-state index contributed by atoms with van der Waals surface area (Å²) in [6.45, 7) is 3.25. The summed E-state index contributed by atoms with van der Waals surface area (Å²) in [7, 11) is 0. The van der Waals surface area contributed by atoms with Gasteiger partial charge in [-0.3, -0.25) is 0 Å². The maximum atomic E-state index is 8.69. The zero-order valence-electron chi connectivity index (χ0n) is 11.9. The molecule has 0 saturated carbocycles. The molecule has 1 unspecified atom stereocenters. The lowest BCUT2D eigenvalue weighted by Crippen LogP contribution is -2.37. The first-order valence-corrected chi connectivity index (χ1v) is 7.36. The normalized spacial score (nSPS) is 17.5. The fraction of sp³-hybridized carbons (Fsp3) is 0.375. The molecule has 1 fully saturated rings. The van der Waals surface area contributed by atoms with Crippen LogP contribution in [0.1, 0.15) is 26.2 Å². The number of halogens is 1. The molecule has 1 aromatic rings. The topological polar surface area (TPSA) is 62.9 Å². The molecule has 5 heteroatoms.